The summed E-state index contributed by atoms with van der Waals surface area (Å²) in [5, 5.41) is 6.27. The third-order valence-electron chi connectivity index (χ3n) is 3.96. The van der Waals surface area contributed by atoms with Gasteiger partial charge in [-0.05, 0) is 43.4 Å². The maximum absolute atomic E-state index is 12.4. The maximum Gasteiger partial charge on any atom is 0.246 e. The van der Waals surface area contributed by atoms with E-state index >= 15 is 0 Å². The summed E-state index contributed by atoms with van der Waals surface area (Å²) in [5.41, 5.74) is 2.25. The Morgan fingerprint density at radius 1 is 1.33 bits per heavy atom. The van der Waals surface area contributed by atoms with Gasteiger partial charge in [0.1, 0.15) is 4.90 Å². The summed E-state index contributed by atoms with van der Waals surface area (Å²) in [4.78, 5) is 4.44. The second-order valence-electron chi connectivity index (χ2n) is 5.34. The number of hydrogen-bond donors (Lipinski definition) is 1. The second kappa shape index (κ2) is 5.57. The van der Waals surface area contributed by atoms with Crippen LogP contribution in [-0.4, -0.2) is 41.0 Å². The summed E-state index contributed by atoms with van der Waals surface area (Å²) < 4.78 is 26.3. The van der Waals surface area contributed by atoms with Crippen LogP contribution in [0.25, 0.3) is 0 Å². The van der Waals surface area contributed by atoms with Crippen LogP contribution in [0.1, 0.15) is 30.0 Å². The number of pyridine rings is 1. The monoisotopic (exact) mass is 306 g/mol. The van der Waals surface area contributed by atoms with Crippen molar-refractivity contribution in [3.63, 3.8) is 0 Å². The largest absolute Gasteiger partial charge is 0.284 e. The number of H-pyrrole nitrogens is 1. The molecule has 1 N–H and O–H groups in total. The standard InChI is InChI=1S/C14H18N4O2S/c1-11-8-13(2-5-15-11)12-3-6-18(7-4-12)21(19,20)14-9-16-17-10-14/h2,5,8-10,12H,3-4,6-7H2,1H3,(H,16,17). The van der Waals surface area contributed by atoms with Gasteiger partial charge in [-0.25, -0.2) is 8.42 Å². The Kier molecular flexibility index (Phi) is 3.77. The molecule has 0 unspecified atom stereocenters. The maximum atomic E-state index is 12.4. The van der Waals surface area contributed by atoms with Gasteiger partial charge in [-0.3, -0.25) is 10.1 Å². The summed E-state index contributed by atoms with van der Waals surface area (Å²) in [5.74, 6) is 0.405. The number of rotatable bonds is 3. The van der Waals surface area contributed by atoms with Gasteiger partial charge in [0.05, 0.1) is 6.20 Å². The number of aromatic amines is 1. The van der Waals surface area contributed by atoms with Crippen LogP contribution in [0.3, 0.4) is 0 Å². The summed E-state index contributed by atoms with van der Waals surface area (Å²) in [7, 11) is -3.41. The van der Waals surface area contributed by atoms with Crippen molar-refractivity contribution < 1.29 is 8.42 Å². The lowest BCUT2D eigenvalue weighted by atomic mass is 9.90. The predicted octanol–water partition coefficient (Wildman–Crippen LogP) is 1.68. The minimum Gasteiger partial charge on any atom is -0.284 e. The average molecular weight is 306 g/mol. The van der Waals surface area contributed by atoms with E-state index in [4.69, 9.17) is 0 Å². The first-order valence-electron chi connectivity index (χ1n) is 6.99. The number of sulfonamides is 1. The summed E-state index contributed by atoms with van der Waals surface area (Å²) in [6.45, 7) is 3.06. The van der Waals surface area contributed by atoms with Crippen LogP contribution in [-0.2, 0) is 10.0 Å². The van der Waals surface area contributed by atoms with Crippen molar-refractivity contribution in [2.24, 2.45) is 0 Å². The van der Waals surface area contributed by atoms with Gasteiger partial charge in [0.2, 0.25) is 10.0 Å². The zero-order valence-corrected chi connectivity index (χ0v) is 12.7. The SMILES string of the molecule is Cc1cc(C2CCN(S(=O)(=O)c3cn[nH]c3)CC2)ccn1. The molecule has 0 aliphatic carbocycles. The molecule has 3 heterocycles. The quantitative estimate of drug-likeness (QED) is 0.935. The molecule has 0 radical (unpaired) electrons. The zero-order chi connectivity index (χ0) is 14.9. The van der Waals surface area contributed by atoms with Crippen LogP contribution in [0, 0.1) is 6.92 Å². The molecule has 2 aromatic heterocycles. The van der Waals surface area contributed by atoms with E-state index in [0.717, 1.165) is 18.5 Å². The molecule has 0 bridgehead atoms. The molecule has 3 rings (SSSR count). The van der Waals surface area contributed by atoms with Crippen molar-refractivity contribution in [3.05, 3.63) is 42.0 Å². The van der Waals surface area contributed by atoms with Gasteiger partial charge >= 0.3 is 0 Å². The molecule has 1 aliphatic rings. The highest BCUT2D eigenvalue weighted by Gasteiger charge is 2.30. The highest BCUT2D eigenvalue weighted by atomic mass is 32.2. The van der Waals surface area contributed by atoms with E-state index in [1.165, 1.54) is 18.0 Å². The number of aromatic nitrogens is 3. The normalized spacial score (nSPS) is 18.0. The molecule has 0 atom stereocenters. The first kappa shape index (κ1) is 14.2. The molecule has 6 nitrogen and oxygen atoms in total. The smallest absolute Gasteiger partial charge is 0.246 e. The number of aryl methyl sites for hydroxylation is 1. The van der Waals surface area contributed by atoms with E-state index in [1.807, 2.05) is 19.2 Å². The fourth-order valence-electron chi connectivity index (χ4n) is 2.78. The molecule has 0 aromatic carbocycles. The Morgan fingerprint density at radius 3 is 2.71 bits per heavy atom. The van der Waals surface area contributed by atoms with Crippen LogP contribution in [0.15, 0.2) is 35.6 Å². The Hall–Kier alpha value is -1.73. The van der Waals surface area contributed by atoms with Gasteiger partial charge in [-0.2, -0.15) is 9.40 Å². The van der Waals surface area contributed by atoms with Gasteiger partial charge in [0, 0.05) is 31.2 Å². The van der Waals surface area contributed by atoms with Crippen molar-refractivity contribution in [2.75, 3.05) is 13.1 Å². The molecule has 0 amide bonds. The van der Waals surface area contributed by atoms with Crippen molar-refractivity contribution in [2.45, 2.75) is 30.6 Å². The number of piperidine rings is 1. The molecule has 112 valence electrons. The van der Waals surface area contributed by atoms with E-state index in [0.29, 0.717) is 19.0 Å². The van der Waals surface area contributed by atoms with Crippen LogP contribution in [0.5, 0.6) is 0 Å². The third kappa shape index (κ3) is 2.84. The molecule has 2 aromatic rings. The summed E-state index contributed by atoms with van der Waals surface area (Å²) in [6, 6.07) is 4.11. The molecule has 21 heavy (non-hydrogen) atoms. The van der Waals surface area contributed by atoms with E-state index < -0.39 is 10.0 Å². The van der Waals surface area contributed by atoms with Crippen LogP contribution >= 0.6 is 0 Å². The van der Waals surface area contributed by atoms with Crippen molar-refractivity contribution in [1.29, 1.82) is 0 Å². The van der Waals surface area contributed by atoms with Crippen molar-refractivity contribution in [1.82, 2.24) is 19.5 Å². The van der Waals surface area contributed by atoms with E-state index in [9.17, 15) is 8.42 Å². The lowest BCUT2D eigenvalue weighted by Gasteiger charge is -2.31. The van der Waals surface area contributed by atoms with Gasteiger partial charge in [0.25, 0.3) is 0 Å². The first-order valence-corrected chi connectivity index (χ1v) is 8.43. The van der Waals surface area contributed by atoms with Gasteiger partial charge < -0.3 is 0 Å². The van der Waals surface area contributed by atoms with Gasteiger partial charge in [0.15, 0.2) is 0 Å². The highest BCUT2D eigenvalue weighted by Crippen LogP contribution is 2.30. The molecule has 0 saturated carbocycles. The van der Waals surface area contributed by atoms with Crippen molar-refractivity contribution in [3.8, 4) is 0 Å². The first-order chi connectivity index (χ1) is 10.1. The predicted molar refractivity (Wildman–Crippen MR) is 78.3 cm³/mol. The Balaban J connectivity index is 1.71. The van der Waals surface area contributed by atoms with Crippen LogP contribution in [0.4, 0.5) is 0 Å². The average Bonchev–Trinajstić information content (AvgIpc) is 3.02. The Bertz CT molecular complexity index is 704. The Labute approximate surface area is 124 Å². The zero-order valence-electron chi connectivity index (χ0n) is 11.9. The highest BCUT2D eigenvalue weighted by molar-refractivity contribution is 7.89. The molecule has 1 aliphatic heterocycles. The molecular formula is C14H18N4O2S. The number of nitrogens with one attached hydrogen (secondary N) is 1. The molecule has 1 saturated heterocycles. The summed E-state index contributed by atoms with van der Waals surface area (Å²) in [6.07, 6.45) is 6.27. The van der Waals surface area contributed by atoms with Gasteiger partial charge in [-0.1, -0.05) is 0 Å². The van der Waals surface area contributed by atoms with E-state index in [2.05, 4.69) is 21.2 Å². The van der Waals surface area contributed by atoms with Crippen LogP contribution in [0.2, 0.25) is 0 Å². The Morgan fingerprint density at radius 2 is 2.10 bits per heavy atom. The fraction of sp³-hybridized carbons (Fsp3) is 0.429. The van der Waals surface area contributed by atoms with Gasteiger partial charge in [-0.15, -0.1) is 0 Å². The summed E-state index contributed by atoms with van der Waals surface area (Å²) >= 11 is 0. The minimum absolute atomic E-state index is 0.237. The van der Waals surface area contributed by atoms with Crippen molar-refractivity contribution >= 4 is 10.0 Å². The van der Waals surface area contributed by atoms with E-state index in [-0.39, 0.29) is 4.90 Å². The molecular weight excluding hydrogens is 288 g/mol. The lowest BCUT2D eigenvalue weighted by molar-refractivity contribution is 0.319. The number of nitrogens with zero attached hydrogens (tertiary/aromatic N) is 3. The lowest BCUT2D eigenvalue weighted by Crippen LogP contribution is -2.37. The molecule has 7 heteroatoms. The number of hydrogen-bond acceptors (Lipinski definition) is 4. The fourth-order valence-corrected chi connectivity index (χ4v) is 4.16. The topological polar surface area (TPSA) is 79.0 Å². The molecule has 0 spiro atoms. The van der Waals surface area contributed by atoms with E-state index in [1.54, 1.807) is 4.31 Å². The minimum atomic E-state index is -3.41. The second-order valence-corrected chi connectivity index (χ2v) is 7.28. The third-order valence-corrected chi connectivity index (χ3v) is 5.82. The van der Waals surface area contributed by atoms with Crippen LogP contribution < -0.4 is 0 Å². The molecule has 1 fully saturated rings.